The van der Waals surface area contributed by atoms with Gasteiger partial charge < -0.3 is 0 Å². The standard InChI is InChI=1S/C28H21N4O5/c33-20-23-19-32(26-7-3-1-4-8-26,27-9-5-2-6-10-27)29-28(23,21-11-15-24(16-12-21)30(34)35)22-13-17-25(18-14-22)31(36)37/h1-20,29H/q+1. The van der Waals surface area contributed by atoms with Crippen LogP contribution in [0.2, 0.25) is 0 Å². The van der Waals surface area contributed by atoms with E-state index in [9.17, 15) is 25.0 Å². The Labute approximate surface area is 211 Å². The number of rotatable bonds is 7. The van der Waals surface area contributed by atoms with Crippen molar-refractivity contribution < 1.29 is 14.6 Å². The van der Waals surface area contributed by atoms with Crippen molar-refractivity contribution in [2.75, 3.05) is 0 Å². The van der Waals surface area contributed by atoms with Crippen molar-refractivity contribution in [2.45, 2.75) is 5.54 Å². The van der Waals surface area contributed by atoms with Crippen LogP contribution in [0.1, 0.15) is 11.1 Å². The fourth-order valence-corrected chi connectivity index (χ4v) is 4.83. The van der Waals surface area contributed by atoms with Gasteiger partial charge in [0.05, 0.1) is 15.4 Å². The van der Waals surface area contributed by atoms with E-state index < -0.39 is 15.4 Å². The van der Waals surface area contributed by atoms with Gasteiger partial charge in [-0.15, -0.1) is 5.43 Å². The third-order valence-electron chi connectivity index (χ3n) is 6.59. The first-order chi connectivity index (χ1) is 17.9. The van der Waals surface area contributed by atoms with Gasteiger partial charge in [-0.3, -0.25) is 25.0 Å². The number of quaternary nitrogens is 1. The lowest BCUT2D eigenvalue weighted by atomic mass is 9.78. The molecule has 0 fully saturated rings. The largest absolute Gasteiger partial charge is 0.298 e. The Bertz CT molecular complexity index is 1410. The molecule has 9 nitrogen and oxygen atoms in total. The van der Waals surface area contributed by atoms with E-state index in [4.69, 9.17) is 0 Å². The van der Waals surface area contributed by atoms with Crippen LogP contribution in [0.4, 0.5) is 22.7 Å². The predicted octanol–water partition coefficient (Wildman–Crippen LogP) is 5.69. The Morgan fingerprint density at radius 1 is 0.649 bits per heavy atom. The second kappa shape index (κ2) is 9.23. The molecule has 0 saturated heterocycles. The fraction of sp³-hybridized carbons (Fsp3) is 0.0357. The average molecular weight is 493 g/mol. The highest BCUT2D eigenvalue weighted by Gasteiger charge is 2.54. The summed E-state index contributed by atoms with van der Waals surface area (Å²) in [5, 5.41) is 22.7. The van der Waals surface area contributed by atoms with E-state index in [1.54, 1.807) is 30.5 Å². The molecule has 1 heterocycles. The maximum Gasteiger partial charge on any atom is 0.269 e. The van der Waals surface area contributed by atoms with Crippen LogP contribution in [0.15, 0.2) is 121 Å². The molecule has 0 aliphatic carbocycles. The van der Waals surface area contributed by atoms with Crippen molar-refractivity contribution in [2.24, 2.45) is 0 Å². The highest BCUT2D eigenvalue weighted by molar-refractivity contribution is 5.84. The van der Waals surface area contributed by atoms with E-state index >= 15 is 0 Å². The zero-order chi connectivity index (χ0) is 26.0. The van der Waals surface area contributed by atoms with Crippen LogP contribution >= 0.6 is 0 Å². The number of non-ortho nitro benzene ring substituents is 2. The lowest BCUT2D eigenvalue weighted by Crippen LogP contribution is -2.56. The van der Waals surface area contributed by atoms with Crippen LogP contribution in [0, 0.1) is 20.2 Å². The lowest BCUT2D eigenvalue weighted by molar-refractivity contribution is -0.385. The van der Waals surface area contributed by atoms with Gasteiger partial charge in [0.1, 0.15) is 6.20 Å². The molecule has 37 heavy (non-hydrogen) atoms. The van der Waals surface area contributed by atoms with E-state index in [1.165, 1.54) is 24.3 Å². The normalized spacial score (nSPS) is 15.5. The molecule has 0 spiro atoms. The van der Waals surface area contributed by atoms with E-state index in [2.05, 4.69) is 5.43 Å². The number of carbonyl (C=O) groups excluding carboxylic acids is 1. The smallest absolute Gasteiger partial charge is 0.269 e. The zero-order valence-electron chi connectivity index (χ0n) is 19.4. The summed E-state index contributed by atoms with van der Waals surface area (Å²) in [6.45, 7) is 0. The summed E-state index contributed by atoms with van der Waals surface area (Å²) in [4.78, 5) is 34.4. The van der Waals surface area contributed by atoms with Crippen molar-refractivity contribution in [1.82, 2.24) is 10.0 Å². The molecule has 182 valence electrons. The number of aldehydes is 1. The molecule has 1 N–H and O–H groups in total. The van der Waals surface area contributed by atoms with Crippen molar-refractivity contribution >= 4 is 29.0 Å². The van der Waals surface area contributed by atoms with Crippen LogP contribution in [0.5, 0.6) is 0 Å². The summed E-state index contributed by atoms with van der Waals surface area (Å²) >= 11 is 0. The molecule has 1 aliphatic heterocycles. The summed E-state index contributed by atoms with van der Waals surface area (Å²) in [5.41, 5.74) is 5.31. The highest BCUT2D eigenvalue weighted by atomic mass is 16.6. The second-order valence-corrected chi connectivity index (χ2v) is 8.57. The van der Waals surface area contributed by atoms with E-state index in [1.807, 2.05) is 60.7 Å². The molecule has 4 aromatic rings. The summed E-state index contributed by atoms with van der Waals surface area (Å²) in [7, 11) is 0. The molecule has 0 aromatic heterocycles. The fourth-order valence-electron chi connectivity index (χ4n) is 4.83. The summed E-state index contributed by atoms with van der Waals surface area (Å²) in [6.07, 6.45) is 2.56. The third kappa shape index (κ3) is 3.88. The average Bonchev–Trinajstić information content (AvgIpc) is 3.32. The Kier molecular flexibility index (Phi) is 5.92. The number of para-hydroxylation sites is 2. The van der Waals surface area contributed by atoms with Crippen molar-refractivity contribution in [1.29, 1.82) is 0 Å². The molecule has 0 saturated carbocycles. The van der Waals surface area contributed by atoms with Gasteiger partial charge >= 0.3 is 0 Å². The van der Waals surface area contributed by atoms with E-state index in [-0.39, 0.29) is 16.0 Å². The van der Waals surface area contributed by atoms with Gasteiger partial charge in [0, 0.05) is 48.5 Å². The molecule has 1 aliphatic rings. The van der Waals surface area contributed by atoms with Crippen LogP contribution in [0.25, 0.3) is 0 Å². The number of benzene rings is 4. The van der Waals surface area contributed by atoms with Crippen molar-refractivity contribution in [3.8, 4) is 0 Å². The van der Waals surface area contributed by atoms with Gasteiger partial charge in [-0.05, 0) is 35.4 Å². The van der Waals surface area contributed by atoms with Gasteiger partial charge in [0.25, 0.3) is 11.4 Å². The third-order valence-corrected chi connectivity index (χ3v) is 6.59. The minimum atomic E-state index is -1.28. The Morgan fingerprint density at radius 3 is 1.41 bits per heavy atom. The molecule has 0 radical (unpaired) electrons. The van der Waals surface area contributed by atoms with Gasteiger partial charge in [0.2, 0.25) is 0 Å². The van der Waals surface area contributed by atoms with Crippen molar-refractivity contribution in [3.05, 3.63) is 152 Å². The van der Waals surface area contributed by atoms with Gasteiger partial charge in [-0.2, -0.15) is 4.59 Å². The number of nitro benzene ring substituents is 2. The van der Waals surface area contributed by atoms with Gasteiger partial charge in [0.15, 0.2) is 23.2 Å². The molecule has 0 amide bonds. The zero-order valence-corrected chi connectivity index (χ0v) is 19.4. The topological polar surface area (TPSA) is 115 Å². The molecule has 0 unspecified atom stereocenters. The predicted molar refractivity (Wildman–Crippen MR) is 139 cm³/mol. The van der Waals surface area contributed by atoms with E-state index in [0.717, 1.165) is 17.7 Å². The number of nitrogens with one attached hydrogen (secondary N) is 1. The number of nitrogens with zero attached hydrogens (tertiary/aromatic N) is 3. The first-order valence-corrected chi connectivity index (χ1v) is 11.4. The molecule has 5 rings (SSSR count). The minimum absolute atomic E-state index is 0.0380. The number of hydrogen-bond donors (Lipinski definition) is 1. The molecule has 9 heteroatoms. The van der Waals surface area contributed by atoms with Crippen LogP contribution in [-0.2, 0) is 10.3 Å². The van der Waals surface area contributed by atoms with Crippen LogP contribution < -0.4 is 10.0 Å². The molecule has 0 bridgehead atoms. The molecular weight excluding hydrogens is 472 g/mol. The molecule has 4 aromatic carbocycles. The van der Waals surface area contributed by atoms with Crippen LogP contribution in [-0.4, -0.2) is 16.1 Å². The molecule has 0 atom stereocenters. The van der Waals surface area contributed by atoms with Crippen molar-refractivity contribution in [3.63, 3.8) is 0 Å². The number of hydrogen-bond acceptors (Lipinski definition) is 6. The maximum atomic E-state index is 12.7. The van der Waals surface area contributed by atoms with Crippen LogP contribution in [0.3, 0.4) is 0 Å². The summed E-state index contributed by atoms with van der Waals surface area (Å²) in [6, 6.07) is 31.0. The Balaban J connectivity index is 1.80. The lowest BCUT2D eigenvalue weighted by Gasteiger charge is -2.37. The minimum Gasteiger partial charge on any atom is -0.298 e. The quantitative estimate of drug-likeness (QED) is 0.153. The van der Waals surface area contributed by atoms with Gasteiger partial charge in [-0.25, -0.2) is 0 Å². The monoisotopic (exact) mass is 493 g/mol. The maximum absolute atomic E-state index is 12.7. The summed E-state index contributed by atoms with van der Waals surface area (Å²) < 4.78 is -0.0380. The number of carbonyl (C=O) groups is 1. The first kappa shape index (κ1) is 23.7. The first-order valence-electron chi connectivity index (χ1n) is 11.4. The highest BCUT2D eigenvalue weighted by Crippen LogP contribution is 2.48. The SMILES string of the molecule is O=CC1=C[N+](c2ccccc2)(c2ccccc2)NC1(c1ccc([N+](=O)[O-])cc1)c1ccc([N+](=O)[O-])cc1. The number of nitro groups is 2. The second-order valence-electron chi connectivity index (χ2n) is 8.57. The van der Waals surface area contributed by atoms with E-state index in [0.29, 0.717) is 16.7 Å². The molecular formula is C28H21N4O5+. The Morgan fingerprint density at radius 2 is 1.05 bits per heavy atom. The van der Waals surface area contributed by atoms with Gasteiger partial charge in [-0.1, -0.05) is 36.4 Å². The Hall–Kier alpha value is -4.99. The summed E-state index contributed by atoms with van der Waals surface area (Å²) in [5.74, 6) is 0.